The van der Waals surface area contributed by atoms with Gasteiger partial charge in [0, 0.05) is 12.2 Å². The van der Waals surface area contributed by atoms with E-state index < -0.39 is 6.10 Å². The first kappa shape index (κ1) is 17.5. The second-order valence-corrected chi connectivity index (χ2v) is 7.66. The molecule has 25 heavy (non-hydrogen) atoms. The molecule has 1 atom stereocenters. The largest absolute Gasteiger partial charge is 0.481 e. The van der Waals surface area contributed by atoms with Gasteiger partial charge >= 0.3 is 0 Å². The van der Waals surface area contributed by atoms with Crippen LogP contribution >= 0.6 is 0 Å². The third-order valence-electron chi connectivity index (χ3n) is 4.80. The molecule has 0 bridgehead atoms. The minimum absolute atomic E-state index is 0.0485. The monoisotopic (exact) mass is 337 g/mol. The Labute approximate surface area is 150 Å². The van der Waals surface area contributed by atoms with Gasteiger partial charge in [0.25, 0.3) is 5.91 Å². The van der Waals surface area contributed by atoms with Crippen molar-refractivity contribution in [2.24, 2.45) is 0 Å². The predicted molar refractivity (Wildman–Crippen MR) is 102 cm³/mol. The molecule has 0 N–H and O–H groups in total. The summed E-state index contributed by atoms with van der Waals surface area (Å²) in [7, 11) is 0. The van der Waals surface area contributed by atoms with Crippen LogP contribution in [0.3, 0.4) is 0 Å². The standard InChI is InChI=1S/C22H27NO2/c1-5-20(25-18-12-10-17(11-13-18)22(2,3)4)21(24)23-15-14-16-8-6-7-9-19(16)23/h6-13,20H,5,14-15H2,1-4H3/t20-/m0/s1. The minimum atomic E-state index is -0.452. The SMILES string of the molecule is CC[C@H](Oc1ccc(C(C)(C)C)cc1)C(=O)N1CCc2ccccc21. The van der Waals surface area contributed by atoms with E-state index in [1.807, 2.05) is 42.2 Å². The van der Waals surface area contributed by atoms with Crippen molar-refractivity contribution >= 4 is 11.6 Å². The lowest BCUT2D eigenvalue weighted by atomic mass is 9.87. The van der Waals surface area contributed by atoms with E-state index in [2.05, 4.69) is 39.0 Å². The molecule has 3 heteroatoms. The Bertz CT molecular complexity index is 743. The molecule has 1 aliphatic heterocycles. The number of para-hydroxylation sites is 1. The Kier molecular flexibility index (Phi) is 4.85. The maximum atomic E-state index is 13.0. The van der Waals surface area contributed by atoms with Crippen LogP contribution in [0, 0.1) is 0 Å². The number of ether oxygens (including phenoxy) is 1. The zero-order valence-corrected chi connectivity index (χ0v) is 15.6. The van der Waals surface area contributed by atoms with Gasteiger partial charge in [0.05, 0.1) is 0 Å². The average Bonchev–Trinajstić information content (AvgIpc) is 3.03. The third-order valence-corrected chi connectivity index (χ3v) is 4.80. The second kappa shape index (κ2) is 6.91. The number of nitrogens with zero attached hydrogens (tertiary/aromatic N) is 1. The summed E-state index contributed by atoms with van der Waals surface area (Å²) in [4.78, 5) is 14.8. The first-order valence-corrected chi connectivity index (χ1v) is 9.06. The van der Waals surface area contributed by atoms with E-state index in [1.54, 1.807) is 0 Å². The molecule has 1 heterocycles. The molecule has 0 aliphatic carbocycles. The Morgan fingerprint density at radius 1 is 1.12 bits per heavy atom. The van der Waals surface area contributed by atoms with Gasteiger partial charge in [-0.1, -0.05) is 58.0 Å². The normalized spacial score (nSPS) is 15.0. The van der Waals surface area contributed by atoms with Crippen LogP contribution in [0.15, 0.2) is 48.5 Å². The molecule has 1 amide bonds. The van der Waals surface area contributed by atoms with Gasteiger partial charge in [0.15, 0.2) is 6.10 Å². The van der Waals surface area contributed by atoms with Gasteiger partial charge in [-0.05, 0) is 47.6 Å². The second-order valence-electron chi connectivity index (χ2n) is 7.66. The number of benzene rings is 2. The van der Waals surface area contributed by atoms with E-state index in [0.29, 0.717) is 6.42 Å². The number of hydrogen-bond acceptors (Lipinski definition) is 2. The lowest BCUT2D eigenvalue weighted by Crippen LogP contribution is -2.41. The van der Waals surface area contributed by atoms with E-state index in [1.165, 1.54) is 11.1 Å². The molecule has 0 unspecified atom stereocenters. The molecule has 132 valence electrons. The van der Waals surface area contributed by atoms with Gasteiger partial charge in [0.1, 0.15) is 5.75 Å². The number of rotatable bonds is 4. The number of fused-ring (bicyclic) bond motifs is 1. The van der Waals surface area contributed by atoms with Crippen molar-refractivity contribution in [3.8, 4) is 5.75 Å². The molecule has 0 spiro atoms. The topological polar surface area (TPSA) is 29.5 Å². The van der Waals surface area contributed by atoms with Gasteiger partial charge < -0.3 is 9.64 Å². The highest BCUT2D eigenvalue weighted by Crippen LogP contribution is 2.29. The summed E-state index contributed by atoms with van der Waals surface area (Å²) in [5, 5.41) is 0. The Balaban J connectivity index is 1.74. The van der Waals surface area contributed by atoms with Crippen molar-refractivity contribution in [2.75, 3.05) is 11.4 Å². The summed E-state index contributed by atoms with van der Waals surface area (Å²) in [6, 6.07) is 16.2. The summed E-state index contributed by atoms with van der Waals surface area (Å²) in [5.41, 5.74) is 3.63. The molecule has 0 radical (unpaired) electrons. The molecular weight excluding hydrogens is 310 g/mol. The molecule has 3 rings (SSSR count). The smallest absolute Gasteiger partial charge is 0.268 e. The third kappa shape index (κ3) is 3.71. The molecule has 0 saturated heterocycles. The van der Waals surface area contributed by atoms with Gasteiger partial charge in [-0.3, -0.25) is 4.79 Å². The summed E-state index contributed by atoms with van der Waals surface area (Å²) < 4.78 is 6.03. The van der Waals surface area contributed by atoms with Crippen molar-refractivity contribution in [2.45, 2.75) is 52.1 Å². The van der Waals surface area contributed by atoms with E-state index >= 15 is 0 Å². The van der Waals surface area contributed by atoms with E-state index in [-0.39, 0.29) is 11.3 Å². The van der Waals surface area contributed by atoms with Gasteiger partial charge in [-0.15, -0.1) is 0 Å². The predicted octanol–water partition coefficient (Wildman–Crippen LogP) is 4.73. The maximum Gasteiger partial charge on any atom is 0.268 e. The molecule has 1 aliphatic rings. The average molecular weight is 337 g/mol. The number of carbonyl (C=O) groups is 1. The van der Waals surface area contributed by atoms with Crippen LogP contribution in [0.25, 0.3) is 0 Å². The Hall–Kier alpha value is -2.29. The zero-order chi connectivity index (χ0) is 18.0. The molecule has 2 aromatic carbocycles. The van der Waals surface area contributed by atoms with Gasteiger partial charge in [-0.2, -0.15) is 0 Å². The fourth-order valence-electron chi connectivity index (χ4n) is 3.25. The van der Waals surface area contributed by atoms with Crippen molar-refractivity contribution < 1.29 is 9.53 Å². The Morgan fingerprint density at radius 2 is 1.80 bits per heavy atom. The van der Waals surface area contributed by atoms with Crippen molar-refractivity contribution in [1.29, 1.82) is 0 Å². The Morgan fingerprint density at radius 3 is 2.44 bits per heavy atom. The van der Waals surface area contributed by atoms with Crippen LogP contribution in [0.5, 0.6) is 5.75 Å². The fourth-order valence-corrected chi connectivity index (χ4v) is 3.25. The fraction of sp³-hybridized carbons (Fsp3) is 0.409. The molecule has 0 saturated carbocycles. The van der Waals surface area contributed by atoms with Crippen molar-refractivity contribution in [3.05, 3.63) is 59.7 Å². The number of carbonyl (C=O) groups excluding carboxylic acids is 1. The quantitative estimate of drug-likeness (QED) is 0.807. The number of hydrogen-bond donors (Lipinski definition) is 0. The van der Waals surface area contributed by atoms with Crippen LogP contribution in [-0.2, 0) is 16.6 Å². The van der Waals surface area contributed by atoms with Gasteiger partial charge in [-0.25, -0.2) is 0 Å². The first-order chi connectivity index (χ1) is 11.9. The summed E-state index contributed by atoms with van der Waals surface area (Å²) in [5.74, 6) is 0.799. The minimum Gasteiger partial charge on any atom is -0.481 e. The van der Waals surface area contributed by atoms with E-state index in [0.717, 1.165) is 24.4 Å². The van der Waals surface area contributed by atoms with Crippen LogP contribution in [-0.4, -0.2) is 18.6 Å². The lowest BCUT2D eigenvalue weighted by Gasteiger charge is -2.24. The van der Waals surface area contributed by atoms with E-state index in [4.69, 9.17) is 4.74 Å². The highest BCUT2D eigenvalue weighted by atomic mass is 16.5. The molecule has 0 fully saturated rings. The zero-order valence-electron chi connectivity index (χ0n) is 15.6. The highest BCUT2D eigenvalue weighted by molar-refractivity contribution is 5.98. The van der Waals surface area contributed by atoms with Crippen molar-refractivity contribution in [3.63, 3.8) is 0 Å². The summed E-state index contributed by atoms with van der Waals surface area (Å²) in [6.07, 6.45) is 1.11. The van der Waals surface area contributed by atoms with Crippen LogP contribution in [0.4, 0.5) is 5.69 Å². The molecule has 2 aromatic rings. The molecule has 0 aromatic heterocycles. The maximum absolute atomic E-state index is 13.0. The molecular formula is C22H27NO2. The van der Waals surface area contributed by atoms with E-state index in [9.17, 15) is 4.79 Å². The lowest BCUT2D eigenvalue weighted by molar-refractivity contribution is -0.125. The molecule has 3 nitrogen and oxygen atoms in total. The number of anilines is 1. The van der Waals surface area contributed by atoms with Crippen LogP contribution in [0.2, 0.25) is 0 Å². The summed E-state index contributed by atoms with van der Waals surface area (Å²) >= 11 is 0. The van der Waals surface area contributed by atoms with Crippen LogP contribution < -0.4 is 9.64 Å². The van der Waals surface area contributed by atoms with Crippen LogP contribution in [0.1, 0.15) is 45.2 Å². The summed E-state index contributed by atoms with van der Waals surface area (Å²) in [6.45, 7) is 9.29. The number of amides is 1. The highest BCUT2D eigenvalue weighted by Gasteiger charge is 2.30. The first-order valence-electron chi connectivity index (χ1n) is 9.06. The van der Waals surface area contributed by atoms with Crippen molar-refractivity contribution in [1.82, 2.24) is 0 Å². The van der Waals surface area contributed by atoms with Gasteiger partial charge in [0.2, 0.25) is 0 Å².